The van der Waals surface area contributed by atoms with Gasteiger partial charge in [0.25, 0.3) is 0 Å². The van der Waals surface area contributed by atoms with Gasteiger partial charge in [0.05, 0.1) is 18.6 Å². The molecule has 1 aromatic carbocycles. The number of nitrogens with zero attached hydrogens (tertiary/aromatic N) is 1. The van der Waals surface area contributed by atoms with Gasteiger partial charge in [-0.05, 0) is 31.9 Å². The van der Waals surface area contributed by atoms with Crippen molar-refractivity contribution in [2.24, 2.45) is 0 Å². The molecule has 0 aliphatic carbocycles. The van der Waals surface area contributed by atoms with Crippen molar-refractivity contribution in [1.82, 2.24) is 0 Å². The number of anilines is 1. The number of rotatable bonds is 6. The number of sulfonamides is 1. The lowest BCUT2D eigenvalue weighted by atomic mass is 10.1. The van der Waals surface area contributed by atoms with Gasteiger partial charge in [0.1, 0.15) is 0 Å². The Balaban J connectivity index is 2.78. The third-order valence-electron chi connectivity index (χ3n) is 3.12. The highest BCUT2D eigenvalue weighted by Gasteiger charge is 2.20. The maximum absolute atomic E-state index is 12.2. The van der Waals surface area contributed by atoms with Crippen molar-refractivity contribution in [3.63, 3.8) is 0 Å². The van der Waals surface area contributed by atoms with Crippen LogP contribution in [0.3, 0.4) is 0 Å². The molecule has 0 atom stereocenters. The summed E-state index contributed by atoms with van der Waals surface area (Å²) in [6.45, 7) is 3.84. The smallest absolute Gasteiger partial charge is 0.305 e. The zero-order valence-corrected chi connectivity index (χ0v) is 13.2. The Bertz CT molecular complexity index is 581. The molecule has 0 aliphatic rings. The topological polar surface area (TPSA) is 63.7 Å². The summed E-state index contributed by atoms with van der Waals surface area (Å²) in [7, 11) is -0.604. The maximum Gasteiger partial charge on any atom is 0.305 e. The molecule has 0 amide bonds. The van der Waals surface area contributed by atoms with Crippen molar-refractivity contribution in [1.29, 1.82) is 0 Å². The first-order valence-electron chi connectivity index (χ1n) is 6.38. The summed E-state index contributed by atoms with van der Waals surface area (Å²) in [5.74, 6) is -0.472. The third kappa shape index (κ3) is 4.23. The zero-order chi connectivity index (χ0) is 15.3. The Morgan fingerprint density at radius 3 is 2.50 bits per heavy atom. The summed E-state index contributed by atoms with van der Waals surface area (Å²) in [6, 6.07) is 5.61. The molecule has 6 heteroatoms. The normalized spacial score (nSPS) is 11.2. The highest BCUT2D eigenvalue weighted by Crippen LogP contribution is 2.23. The second kappa shape index (κ2) is 6.74. The van der Waals surface area contributed by atoms with Crippen LogP contribution in [-0.2, 0) is 19.6 Å². The van der Waals surface area contributed by atoms with Gasteiger partial charge in [0.2, 0.25) is 10.0 Å². The minimum atomic E-state index is -3.43. The minimum absolute atomic E-state index is 0.0775. The number of aryl methyl sites for hydroxylation is 2. The lowest BCUT2D eigenvalue weighted by Crippen LogP contribution is -2.29. The summed E-state index contributed by atoms with van der Waals surface area (Å²) in [5, 5.41) is 0. The molecule has 112 valence electrons. The Morgan fingerprint density at radius 2 is 1.95 bits per heavy atom. The van der Waals surface area contributed by atoms with E-state index in [1.54, 1.807) is 6.07 Å². The molecule has 0 saturated heterocycles. The van der Waals surface area contributed by atoms with Crippen LogP contribution in [0.4, 0.5) is 5.69 Å². The highest BCUT2D eigenvalue weighted by atomic mass is 32.2. The van der Waals surface area contributed by atoms with Gasteiger partial charge in [0, 0.05) is 13.5 Å². The lowest BCUT2D eigenvalue weighted by molar-refractivity contribution is -0.140. The zero-order valence-electron chi connectivity index (χ0n) is 12.3. The average molecular weight is 299 g/mol. The van der Waals surface area contributed by atoms with Crippen LogP contribution >= 0.6 is 0 Å². The van der Waals surface area contributed by atoms with Crippen molar-refractivity contribution in [3.05, 3.63) is 29.3 Å². The molecule has 0 aromatic heterocycles. The molecular formula is C14H21NO4S. The standard InChI is InChI=1S/C14H21NO4S/c1-11-7-8-13(12(2)10-11)15(3)20(17,18)9-5-6-14(16)19-4/h7-8,10H,5-6,9H2,1-4H3. The Morgan fingerprint density at radius 1 is 1.30 bits per heavy atom. The molecular weight excluding hydrogens is 278 g/mol. The van der Waals surface area contributed by atoms with E-state index < -0.39 is 16.0 Å². The van der Waals surface area contributed by atoms with Gasteiger partial charge in [-0.15, -0.1) is 0 Å². The molecule has 1 rings (SSSR count). The van der Waals surface area contributed by atoms with Crippen molar-refractivity contribution >= 4 is 21.7 Å². The second-order valence-electron chi connectivity index (χ2n) is 4.75. The minimum Gasteiger partial charge on any atom is -0.469 e. The number of carbonyl (C=O) groups is 1. The van der Waals surface area contributed by atoms with Gasteiger partial charge in [0.15, 0.2) is 0 Å². The van der Waals surface area contributed by atoms with E-state index in [-0.39, 0.29) is 18.6 Å². The number of carbonyl (C=O) groups excluding carboxylic acids is 1. The molecule has 5 nitrogen and oxygen atoms in total. The van der Waals surface area contributed by atoms with E-state index in [0.717, 1.165) is 11.1 Å². The predicted octanol–water partition coefficient (Wildman–Crippen LogP) is 2.02. The first-order valence-corrected chi connectivity index (χ1v) is 7.99. The number of methoxy groups -OCH3 is 1. The molecule has 0 saturated carbocycles. The Labute approximate surface area is 120 Å². The molecule has 0 spiro atoms. The van der Waals surface area contributed by atoms with Gasteiger partial charge in [-0.3, -0.25) is 9.10 Å². The largest absolute Gasteiger partial charge is 0.469 e. The van der Waals surface area contributed by atoms with Crippen LogP contribution in [0.2, 0.25) is 0 Å². The third-order valence-corrected chi connectivity index (χ3v) is 4.96. The molecule has 0 fully saturated rings. The van der Waals surface area contributed by atoms with Crippen LogP contribution in [-0.4, -0.2) is 34.3 Å². The molecule has 0 bridgehead atoms. The summed E-state index contributed by atoms with van der Waals surface area (Å²) in [5.41, 5.74) is 2.65. The number of hydrogen-bond acceptors (Lipinski definition) is 4. The Hall–Kier alpha value is -1.56. The van der Waals surface area contributed by atoms with Gasteiger partial charge in [-0.25, -0.2) is 8.42 Å². The van der Waals surface area contributed by atoms with Gasteiger partial charge >= 0.3 is 5.97 Å². The first-order chi connectivity index (χ1) is 9.27. The molecule has 0 aliphatic heterocycles. The van der Waals surface area contributed by atoms with Crippen LogP contribution in [0.15, 0.2) is 18.2 Å². The van der Waals surface area contributed by atoms with Crippen LogP contribution in [0.25, 0.3) is 0 Å². The first kappa shape index (κ1) is 16.5. The number of ether oxygens (including phenoxy) is 1. The summed E-state index contributed by atoms with van der Waals surface area (Å²) in [4.78, 5) is 11.0. The predicted molar refractivity (Wildman–Crippen MR) is 79.4 cm³/mol. The highest BCUT2D eigenvalue weighted by molar-refractivity contribution is 7.92. The summed E-state index contributed by atoms with van der Waals surface area (Å²) >= 11 is 0. The Kier molecular flexibility index (Phi) is 5.56. The fourth-order valence-corrected chi connectivity index (χ4v) is 3.23. The SMILES string of the molecule is COC(=O)CCCS(=O)(=O)N(C)c1ccc(C)cc1C. The van der Waals surface area contributed by atoms with Gasteiger partial charge in [-0.1, -0.05) is 17.7 Å². The molecule has 0 heterocycles. The molecule has 0 radical (unpaired) electrons. The molecule has 0 N–H and O–H groups in total. The fourth-order valence-electron chi connectivity index (χ4n) is 1.95. The fraction of sp³-hybridized carbons (Fsp3) is 0.500. The van der Waals surface area contributed by atoms with Crippen molar-refractivity contribution in [2.75, 3.05) is 24.2 Å². The molecule has 0 unspecified atom stereocenters. The summed E-state index contributed by atoms with van der Waals surface area (Å²) < 4.78 is 30.2. The number of hydrogen-bond donors (Lipinski definition) is 0. The van der Waals surface area contributed by atoms with E-state index in [9.17, 15) is 13.2 Å². The van der Waals surface area contributed by atoms with E-state index in [1.807, 2.05) is 26.0 Å². The molecule has 20 heavy (non-hydrogen) atoms. The van der Waals surface area contributed by atoms with E-state index in [4.69, 9.17) is 0 Å². The van der Waals surface area contributed by atoms with E-state index >= 15 is 0 Å². The van der Waals surface area contributed by atoms with Crippen LogP contribution < -0.4 is 4.31 Å². The van der Waals surface area contributed by atoms with E-state index in [2.05, 4.69) is 4.74 Å². The average Bonchev–Trinajstić information content (AvgIpc) is 2.37. The van der Waals surface area contributed by atoms with Crippen molar-refractivity contribution in [2.45, 2.75) is 26.7 Å². The van der Waals surface area contributed by atoms with Crippen LogP contribution in [0.5, 0.6) is 0 Å². The number of benzene rings is 1. The van der Waals surface area contributed by atoms with Crippen molar-refractivity contribution in [3.8, 4) is 0 Å². The van der Waals surface area contributed by atoms with E-state index in [0.29, 0.717) is 5.69 Å². The van der Waals surface area contributed by atoms with Crippen LogP contribution in [0, 0.1) is 13.8 Å². The number of esters is 1. The monoisotopic (exact) mass is 299 g/mol. The van der Waals surface area contributed by atoms with Gasteiger partial charge in [-0.2, -0.15) is 0 Å². The lowest BCUT2D eigenvalue weighted by Gasteiger charge is -2.21. The second-order valence-corrected chi connectivity index (χ2v) is 6.87. The quantitative estimate of drug-likeness (QED) is 0.754. The maximum atomic E-state index is 12.2. The van der Waals surface area contributed by atoms with E-state index in [1.165, 1.54) is 18.5 Å². The molecule has 1 aromatic rings. The van der Waals surface area contributed by atoms with Crippen LogP contribution in [0.1, 0.15) is 24.0 Å². The van der Waals surface area contributed by atoms with Gasteiger partial charge < -0.3 is 4.74 Å². The summed E-state index contributed by atoms with van der Waals surface area (Å²) in [6.07, 6.45) is 0.362. The van der Waals surface area contributed by atoms with Crippen molar-refractivity contribution < 1.29 is 17.9 Å².